The average Bonchev–Trinajstić information content (AvgIpc) is 2.76. The van der Waals surface area contributed by atoms with E-state index in [4.69, 9.17) is 9.47 Å². The smallest absolute Gasteiger partial charge is 0.232 e. The summed E-state index contributed by atoms with van der Waals surface area (Å²) in [7, 11) is -3.49. The molecule has 1 N–H and O–H groups in total. The second kappa shape index (κ2) is 11.5. The molecule has 2 aromatic carbocycles. The van der Waals surface area contributed by atoms with E-state index in [1.54, 1.807) is 30.0 Å². The zero-order valence-electron chi connectivity index (χ0n) is 18.5. The number of rotatable bonds is 11. The molecule has 1 amide bonds. The number of ether oxygens (including phenoxy) is 2. The molecule has 0 aliphatic carbocycles. The molecule has 1 aliphatic heterocycles. The molecule has 1 heterocycles. The lowest BCUT2D eigenvalue weighted by atomic mass is 10.2. The first-order chi connectivity index (χ1) is 15.3. The number of sulfonamides is 1. The molecule has 174 valence electrons. The second-order valence-corrected chi connectivity index (χ2v) is 10.7. The lowest BCUT2D eigenvalue weighted by molar-refractivity contribution is -0.121. The number of hydrogen-bond acceptors (Lipinski definition) is 6. The van der Waals surface area contributed by atoms with Gasteiger partial charge in [0.1, 0.15) is 13.2 Å². The molecule has 1 aliphatic rings. The number of fused-ring (bicyclic) bond motifs is 1. The Labute approximate surface area is 194 Å². The number of benzene rings is 2. The Balaban J connectivity index is 1.40. The van der Waals surface area contributed by atoms with Crippen LogP contribution in [0.5, 0.6) is 11.5 Å². The molecule has 0 radical (unpaired) electrons. The normalized spacial score (nSPS) is 12.9. The Morgan fingerprint density at radius 3 is 2.53 bits per heavy atom. The molecule has 2 aromatic rings. The van der Waals surface area contributed by atoms with Gasteiger partial charge in [-0.15, -0.1) is 0 Å². The monoisotopic (exact) mass is 478 g/mol. The van der Waals surface area contributed by atoms with Crippen LogP contribution in [0, 0.1) is 6.92 Å². The van der Waals surface area contributed by atoms with Crippen LogP contribution < -0.4 is 19.1 Å². The van der Waals surface area contributed by atoms with Gasteiger partial charge < -0.3 is 14.8 Å². The van der Waals surface area contributed by atoms with E-state index < -0.39 is 10.0 Å². The maximum atomic E-state index is 12.3. The lowest BCUT2D eigenvalue weighted by Crippen LogP contribution is -2.32. The minimum Gasteiger partial charge on any atom is -0.486 e. The topological polar surface area (TPSA) is 84.9 Å². The summed E-state index contributed by atoms with van der Waals surface area (Å²) in [4.78, 5) is 12.1. The van der Waals surface area contributed by atoms with Gasteiger partial charge in [0.25, 0.3) is 0 Å². The molecule has 0 aromatic heterocycles. The number of hydrogen-bond donors (Lipinski definition) is 1. The molecular formula is C23H30N2O5S2. The summed E-state index contributed by atoms with van der Waals surface area (Å²) in [6.07, 6.45) is 1.85. The molecule has 7 nitrogen and oxygen atoms in total. The van der Waals surface area contributed by atoms with Crippen LogP contribution in [0.4, 0.5) is 5.69 Å². The maximum Gasteiger partial charge on any atom is 0.232 e. The fraction of sp³-hybridized carbons (Fsp3) is 0.435. The minimum absolute atomic E-state index is 0.0726. The lowest BCUT2D eigenvalue weighted by Gasteiger charge is -2.25. The highest BCUT2D eigenvalue weighted by Crippen LogP contribution is 2.34. The molecule has 0 unspecified atom stereocenters. The summed E-state index contributed by atoms with van der Waals surface area (Å²) < 4.78 is 37.0. The molecule has 32 heavy (non-hydrogen) atoms. The van der Waals surface area contributed by atoms with Crippen LogP contribution in [-0.4, -0.2) is 52.6 Å². The first-order valence-electron chi connectivity index (χ1n) is 10.6. The number of carbonyl (C=O) groups is 1. The molecule has 3 rings (SSSR count). The quantitative estimate of drug-likeness (QED) is 0.499. The van der Waals surface area contributed by atoms with Gasteiger partial charge in [-0.1, -0.05) is 29.8 Å². The number of amides is 1. The van der Waals surface area contributed by atoms with Crippen LogP contribution in [-0.2, 0) is 20.6 Å². The van der Waals surface area contributed by atoms with E-state index in [0.29, 0.717) is 43.4 Å². The Morgan fingerprint density at radius 2 is 1.81 bits per heavy atom. The zero-order chi connectivity index (χ0) is 23.0. The zero-order valence-corrected chi connectivity index (χ0v) is 20.1. The predicted octanol–water partition coefficient (Wildman–Crippen LogP) is 3.36. The van der Waals surface area contributed by atoms with E-state index in [-0.39, 0.29) is 18.9 Å². The van der Waals surface area contributed by atoms with E-state index in [1.165, 1.54) is 15.4 Å². The molecule has 0 spiro atoms. The van der Waals surface area contributed by atoms with E-state index in [2.05, 4.69) is 36.5 Å². The standard InChI is InChI=1S/C23H30N2O5S2/c1-18-5-7-19(8-6-18)17-31-15-11-24-23(26)4-3-12-25(32(2,27)28)20-9-10-21-22(16-20)30-14-13-29-21/h5-10,16H,3-4,11-15,17H2,1-2H3,(H,24,26). The van der Waals surface area contributed by atoms with Crippen LogP contribution in [0.1, 0.15) is 24.0 Å². The van der Waals surface area contributed by atoms with Crippen molar-refractivity contribution in [3.63, 3.8) is 0 Å². The van der Waals surface area contributed by atoms with E-state index in [0.717, 1.165) is 17.8 Å². The molecule has 0 bridgehead atoms. The molecule has 9 heteroatoms. The predicted molar refractivity (Wildman–Crippen MR) is 129 cm³/mol. The Bertz CT molecular complexity index is 1010. The van der Waals surface area contributed by atoms with Gasteiger partial charge in [-0.2, -0.15) is 11.8 Å². The highest BCUT2D eigenvalue weighted by atomic mass is 32.2. The Morgan fingerprint density at radius 1 is 1.09 bits per heavy atom. The molecule has 0 saturated carbocycles. The summed E-state index contributed by atoms with van der Waals surface area (Å²) in [5.41, 5.74) is 3.02. The van der Waals surface area contributed by atoms with Gasteiger partial charge in [-0.05, 0) is 31.0 Å². The minimum atomic E-state index is -3.49. The number of nitrogens with zero attached hydrogens (tertiary/aromatic N) is 1. The van der Waals surface area contributed by atoms with Gasteiger partial charge in [0.05, 0.1) is 11.9 Å². The molecule has 0 saturated heterocycles. The fourth-order valence-corrected chi connectivity index (χ4v) is 5.06. The van der Waals surface area contributed by atoms with Crippen molar-refractivity contribution in [3.8, 4) is 11.5 Å². The van der Waals surface area contributed by atoms with Crippen LogP contribution in [0.25, 0.3) is 0 Å². The summed E-state index contributed by atoms with van der Waals surface area (Å²) in [5, 5.41) is 2.91. The van der Waals surface area contributed by atoms with Crippen LogP contribution in [0.2, 0.25) is 0 Å². The van der Waals surface area contributed by atoms with Crippen molar-refractivity contribution in [3.05, 3.63) is 53.6 Å². The van der Waals surface area contributed by atoms with Crippen molar-refractivity contribution in [1.29, 1.82) is 0 Å². The van der Waals surface area contributed by atoms with Crippen molar-refractivity contribution in [2.24, 2.45) is 0 Å². The Hall–Kier alpha value is -2.39. The summed E-state index contributed by atoms with van der Waals surface area (Å²) in [6.45, 7) is 3.78. The highest BCUT2D eigenvalue weighted by Gasteiger charge is 2.21. The van der Waals surface area contributed by atoms with Crippen molar-refractivity contribution in [2.75, 3.05) is 42.6 Å². The van der Waals surface area contributed by atoms with E-state index in [9.17, 15) is 13.2 Å². The van der Waals surface area contributed by atoms with Gasteiger partial charge in [0, 0.05) is 37.1 Å². The largest absolute Gasteiger partial charge is 0.486 e. The second-order valence-electron chi connectivity index (χ2n) is 7.65. The van der Waals surface area contributed by atoms with Gasteiger partial charge in [-0.3, -0.25) is 9.10 Å². The number of thioether (sulfide) groups is 1. The summed E-state index contributed by atoms with van der Waals surface area (Å²) in [5.74, 6) is 2.80. The fourth-order valence-electron chi connectivity index (χ4n) is 3.28. The summed E-state index contributed by atoms with van der Waals surface area (Å²) >= 11 is 1.77. The van der Waals surface area contributed by atoms with Gasteiger partial charge in [0.15, 0.2) is 11.5 Å². The Kier molecular flexibility index (Phi) is 8.69. The number of aryl methyl sites for hydroxylation is 1. The van der Waals surface area contributed by atoms with Crippen LogP contribution in [0.15, 0.2) is 42.5 Å². The average molecular weight is 479 g/mol. The SMILES string of the molecule is Cc1ccc(CSCCNC(=O)CCCN(c2ccc3c(c2)OCCO3)S(C)(=O)=O)cc1. The third-order valence-electron chi connectivity index (χ3n) is 4.94. The summed E-state index contributed by atoms with van der Waals surface area (Å²) in [6, 6.07) is 13.5. The molecular weight excluding hydrogens is 448 g/mol. The first kappa shape index (κ1) is 24.3. The third kappa shape index (κ3) is 7.34. The van der Waals surface area contributed by atoms with Crippen molar-refractivity contribution in [1.82, 2.24) is 5.32 Å². The van der Waals surface area contributed by atoms with Crippen molar-refractivity contribution < 1.29 is 22.7 Å². The van der Waals surface area contributed by atoms with Crippen molar-refractivity contribution in [2.45, 2.75) is 25.5 Å². The van der Waals surface area contributed by atoms with Gasteiger partial charge in [0.2, 0.25) is 15.9 Å². The van der Waals surface area contributed by atoms with Gasteiger partial charge in [-0.25, -0.2) is 8.42 Å². The first-order valence-corrected chi connectivity index (χ1v) is 13.6. The molecule has 0 fully saturated rings. The number of anilines is 1. The number of nitrogens with one attached hydrogen (secondary N) is 1. The highest BCUT2D eigenvalue weighted by molar-refractivity contribution is 7.98. The molecule has 0 atom stereocenters. The number of carbonyl (C=O) groups excluding carboxylic acids is 1. The van der Waals surface area contributed by atoms with Crippen molar-refractivity contribution >= 4 is 33.4 Å². The van der Waals surface area contributed by atoms with Crippen LogP contribution in [0.3, 0.4) is 0 Å². The van der Waals surface area contributed by atoms with E-state index in [1.807, 2.05) is 0 Å². The van der Waals surface area contributed by atoms with Gasteiger partial charge >= 0.3 is 0 Å². The van der Waals surface area contributed by atoms with E-state index >= 15 is 0 Å². The maximum absolute atomic E-state index is 12.3. The van der Waals surface area contributed by atoms with Crippen LogP contribution >= 0.6 is 11.8 Å². The third-order valence-corrected chi connectivity index (χ3v) is 7.16.